The Labute approximate surface area is 202 Å². The Morgan fingerprint density at radius 3 is 2.66 bits per heavy atom. The fourth-order valence-electron chi connectivity index (χ4n) is 5.31. The number of carbonyl (C=O) groups excluding carboxylic acids is 3. The van der Waals surface area contributed by atoms with Crippen molar-refractivity contribution in [3.8, 4) is 0 Å². The van der Waals surface area contributed by atoms with Crippen LogP contribution in [-0.4, -0.2) is 45.7 Å². The maximum atomic E-state index is 13.4. The molecular formula is C28H26N4O3. The second-order valence-electron chi connectivity index (χ2n) is 9.70. The lowest BCUT2D eigenvalue weighted by atomic mass is 9.90. The molecule has 2 N–H and O–H groups in total. The van der Waals surface area contributed by atoms with Gasteiger partial charge in [-0.05, 0) is 48.4 Å². The number of aromatic nitrogens is 1. The standard InChI is InChI=1S/C28H26N4O3/c1-17-7-10-23-21(13-17)22-15-31(12-11-24(22)29-23)25(33)16-32-26(34)28(2,30-27(32)35)20-9-8-18-5-3-4-6-19(18)14-20/h3-10,13-14,29H,11-12,15-16H2,1-2H3,(H,30,35). The van der Waals surface area contributed by atoms with Crippen molar-refractivity contribution in [2.45, 2.75) is 32.4 Å². The van der Waals surface area contributed by atoms with Crippen molar-refractivity contribution >= 4 is 39.5 Å². The molecular weight excluding hydrogens is 440 g/mol. The molecule has 1 saturated heterocycles. The predicted octanol–water partition coefficient (Wildman–Crippen LogP) is 3.98. The predicted molar refractivity (Wildman–Crippen MR) is 134 cm³/mol. The molecule has 1 unspecified atom stereocenters. The lowest BCUT2D eigenvalue weighted by Gasteiger charge is -2.29. The average molecular weight is 467 g/mol. The van der Waals surface area contributed by atoms with Crippen molar-refractivity contribution in [3.63, 3.8) is 0 Å². The van der Waals surface area contributed by atoms with Crippen LogP contribution in [0.4, 0.5) is 4.79 Å². The van der Waals surface area contributed by atoms with Crippen molar-refractivity contribution in [2.24, 2.45) is 0 Å². The zero-order valence-corrected chi connectivity index (χ0v) is 19.7. The summed E-state index contributed by atoms with van der Waals surface area (Å²) in [6.45, 7) is 4.48. The number of hydrogen-bond acceptors (Lipinski definition) is 3. The molecule has 7 nitrogen and oxygen atoms in total. The van der Waals surface area contributed by atoms with Crippen LogP contribution in [0.2, 0.25) is 0 Å². The van der Waals surface area contributed by atoms with E-state index in [1.165, 1.54) is 0 Å². The van der Waals surface area contributed by atoms with E-state index < -0.39 is 17.5 Å². The van der Waals surface area contributed by atoms with Gasteiger partial charge in [0.2, 0.25) is 5.91 Å². The van der Waals surface area contributed by atoms with Crippen LogP contribution in [0.15, 0.2) is 60.7 Å². The molecule has 2 aliphatic rings. The first kappa shape index (κ1) is 21.4. The van der Waals surface area contributed by atoms with Gasteiger partial charge in [-0.15, -0.1) is 0 Å². The third-order valence-electron chi connectivity index (χ3n) is 7.38. The number of benzene rings is 3. The Morgan fingerprint density at radius 1 is 1.03 bits per heavy atom. The first-order chi connectivity index (χ1) is 16.8. The first-order valence-electron chi connectivity index (χ1n) is 11.8. The van der Waals surface area contributed by atoms with Crippen molar-refractivity contribution < 1.29 is 14.4 Å². The zero-order valence-electron chi connectivity index (χ0n) is 19.7. The number of aromatic amines is 1. The van der Waals surface area contributed by atoms with Crippen molar-refractivity contribution in [1.82, 2.24) is 20.1 Å². The van der Waals surface area contributed by atoms with E-state index in [1.54, 1.807) is 11.8 Å². The van der Waals surface area contributed by atoms with Crippen LogP contribution in [0.3, 0.4) is 0 Å². The third kappa shape index (κ3) is 3.38. The summed E-state index contributed by atoms with van der Waals surface area (Å²) < 4.78 is 0. The van der Waals surface area contributed by atoms with E-state index in [2.05, 4.69) is 35.4 Å². The molecule has 0 spiro atoms. The highest BCUT2D eigenvalue weighted by atomic mass is 16.2. The van der Waals surface area contributed by atoms with Crippen LogP contribution in [0.1, 0.15) is 29.3 Å². The summed E-state index contributed by atoms with van der Waals surface area (Å²) in [7, 11) is 0. The molecule has 7 heteroatoms. The largest absolute Gasteiger partial charge is 0.358 e. The number of nitrogens with one attached hydrogen (secondary N) is 2. The van der Waals surface area contributed by atoms with E-state index in [1.807, 2.05) is 42.5 Å². The van der Waals surface area contributed by atoms with Gasteiger partial charge in [0.05, 0.1) is 0 Å². The minimum atomic E-state index is -1.22. The molecule has 4 aromatic rings. The monoisotopic (exact) mass is 466 g/mol. The fraction of sp³-hybridized carbons (Fsp3) is 0.250. The smallest absolute Gasteiger partial charge is 0.325 e. The van der Waals surface area contributed by atoms with Gasteiger partial charge < -0.3 is 15.2 Å². The SMILES string of the molecule is Cc1ccc2[nH]c3c(c2c1)CN(C(=O)CN1C(=O)NC(C)(c2ccc4ccccc4c2)C1=O)CC3. The minimum absolute atomic E-state index is 0.232. The van der Waals surface area contributed by atoms with E-state index in [9.17, 15) is 14.4 Å². The van der Waals surface area contributed by atoms with Gasteiger partial charge in [-0.3, -0.25) is 14.5 Å². The Hall–Kier alpha value is -4.13. The van der Waals surface area contributed by atoms with Crippen molar-refractivity contribution in [2.75, 3.05) is 13.1 Å². The molecule has 0 bridgehead atoms. The fourth-order valence-corrected chi connectivity index (χ4v) is 5.31. The van der Waals surface area contributed by atoms with Crippen LogP contribution in [0.25, 0.3) is 21.7 Å². The van der Waals surface area contributed by atoms with Crippen LogP contribution in [0.5, 0.6) is 0 Å². The number of carbonyl (C=O) groups is 3. The number of amides is 4. The van der Waals surface area contributed by atoms with Gasteiger partial charge in [0, 0.05) is 41.7 Å². The number of rotatable bonds is 3. The van der Waals surface area contributed by atoms with Crippen molar-refractivity contribution in [1.29, 1.82) is 0 Å². The Bertz CT molecular complexity index is 1540. The number of H-pyrrole nitrogens is 1. The van der Waals surface area contributed by atoms with Crippen LogP contribution < -0.4 is 5.32 Å². The molecule has 1 fully saturated rings. The highest BCUT2D eigenvalue weighted by Gasteiger charge is 2.49. The van der Waals surface area contributed by atoms with Crippen LogP contribution in [0, 0.1) is 6.92 Å². The summed E-state index contributed by atoms with van der Waals surface area (Å²) in [4.78, 5) is 45.8. The third-order valence-corrected chi connectivity index (χ3v) is 7.38. The Morgan fingerprint density at radius 2 is 1.83 bits per heavy atom. The number of urea groups is 1. The number of nitrogens with zero attached hydrogens (tertiary/aromatic N) is 2. The summed E-state index contributed by atoms with van der Waals surface area (Å²) >= 11 is 0. The quantitative estimate of drug-likeness (QED) is 0.448. The molecule has 6 rings (SSSR count). The normalized spacial score (nSPS) is 19.9. The molecule has 35 heavy (non-hydrogen) atoms. The van der Waals surface area contributed by atoms with Gasteiger partial charge >= 0.3 is 6.03 Å². The van der Waals surface area contributed by atoms with Crippen LogP contribution in [-0.2, 0) is 28.1 Å². The minimum Gasteiger partial charge on any atom is -0.358 e. The zero-order chi connectivity index (χ0) is 24.3. The van der Waals surface area contributed by atoms with Gasteiger partial charge in [0.1, 0.15) is 12.1 Å². The lowest BCUT2D eigenvalue weighted by Crippen LogP contribution is -2.45. The highest BCUT2D eigenvalue weighted by Crippen LogP contribution is 2.32. The number of hydrogen-bond donors (Lipinski definition) is 2. The summed E-state index contributed by atoms with van der Waals surface area (Å²) in [5.41, 5.74) is 3.96. The van der Waals surface area contributed by atoms with E-state index in [-0.39, 0.29) is 12.5 Å². The molecule has 3 aromatic carbocycles. The summed E-state index contributed by atoms with van der Waals surface area (Å²) in [5.74, 6) is -0.643. The highest BCUT2D eigenvalue weighted by molar-refractivity contribution is 6.09. The van der Waals surface area contributed by atoms with Gasteiger partial charge in [-0.2, -0.15) is 0 Å². The molecule has 0 radical (unpaired) electrons. The number of imide groups is 1. The summed E-state index contributed by atoms with van der Waals surface area (Å²) in [6.07, 6.45) is 0.712. The lowest BCUT2D eigenvalue weighted by molar-refractivity contribution is -0.139. The number of fused-ring (bicyclic) bond motifs is 4. The van der Waals surface area contributed by atoms with E-state index in [0.717, 1.165) is 43.4 Å². The molecule has 1 aromatic heterocycles. The molecule has 3 heterocycles. The van der Waals surface area contributed by atoms with Gasteiger partial charge in [-0.25, -0.2) is 4.79 Å². The van der Waals surface area contributed by atoms with E-state index in [0.29, 0.717) is 25.1 Å². The van der Waals surface area contributed by atoms with E-state index >= 15 is 0 Å². The van der Waals surface area contributed by atoms with Gasteiger partial charge in [0.15, 0.2) is 0 Å². The first-order valence-corrected chi connectivity index (χ1v) is 11.8. The summed E-state index contributed by atoms with van der Waals surface area (Å²) in [6, 6.07) is 19.3. The molecule has 2 aliphatic heterocycles. The topological polar surface area (TPSA) is 85.5 Å². The Balaban J connectivity index is 1.23. The van der Waals surface area contributed by atoms with Crippen molar-refractivity contribution in [3.05, 3.63) is 83.0 Å². The van der Waals surface area contributed by atoms with Gasteiger partial charge in [-0.1, -0.05) is 48.0 Å². The summed E-state index contributed by atoms with van der Waals surface area (Å²) in [5, 5.41) is 5.99. The molecule has 4 amide bonds. The van der Waals surface area contributed by atoms with Gasteiger partial charge in [0.25, 0.3) is 5.91 Å². The second kappa shape index (κ2) is 7.70. The van der Waals surface area contributed by atoms with Crippen LogP contribution >= 0.6 is 0 Å². The maximum Gasteiger partial charge on any atom is 0.325 e. The second-order valence-corrected chi connectivity index (χ2v) is 9.70. The molecule has 0 aliphatic carbocycles. The Kier molecular flexibility index (Phi) is 4.71. The molecule has 176 valence electrons. The maximum absolute atomic E-state index is 13.4. The number of aryl methyl sites for hydroxylation is 1. The molecule has 1 atom stereocenters. The molecule has 0 saturated carbocycles. The van der Waals surface area contributed by atoms with E-state index in [4.69, 9.17) is 0 Å². The average Bonchev–Trinajstić information content (AvgIpc) is 3.33.